The lowest BCUT2D eigenvalue weighted by atomic mass is 10.1. The summed E-state index contributed by atoms with van der Waals surface area (Å²) in [5, 5.41) is 7.57. The molecule has 2 rings (SSSR count). The van der Waals surface area contributed by atoms with E-state index < -0.39 is 5.97 Å². The average molecular weight is 274 g/mol. The van der Waals surface area contributed by atoms with Crippen molar-refractivity contribution in [2.45, 2.75) is 13.3 Å². The van der Waals surface area contributed by atoms with Crippen molar-refractivity contribution in [3.63, 3.8) is 0 Å². The highest BCUT2D eigenvalue weighted by Gasteiger charge is 2.14. The van der Waals surface area contributed by atoms with Crippen LogP contribution in [0.15, 0.2) is 24.4 Å². The predicted octanol–water partition coefficient (Wildman–Crippen LogP) is 2.09. The van der Waals surface area contributed by atoms with E-state index in [1.165, 1.54) is 7.11 Å². The normalized spacial score (nSPS) is 10.3. The molecule has 1 aromatic carbocycles. The van der Waals surface area contributed by atoms with Crippen molar-refractivity contribution in [1.29, 1.82) is 0 Å². The second-order valence-electron chi connectivity index (χ2n) is 4.44. The van der Waals surface area contributed by atoms with Crippen molar-refractivity contribution >= 4 is 23.0 Å². The lowest BCUT2D eigenvalue weighted by molar-refractivity contribution is 0.0602. The fourth-order valence-corrected chi connectivity index (χ4v) is 1.99. The molecule has 6 nitrogen and oxygen atoms in total. The summed E-state index contributed by atoms with van der Waals surface area (Å²) >= 11 is 0. The number of nitrogens with zero attached hydrogens (tertiary/aromatic N) is 2. The zero-order valence-corrected chi connectivity index (χ0v) is 11.8. The molecule has 0 unspecified atom stereocenters. The molecule has 1 aromatic heterocycles. The topological polar surface area (TPSA) is 82.2 Å². The number of esters is 1. The van der Waals surface area contributed by atoms with Crippen LogP contribution in [-0.4, -0.2) is 22.9 Å². The van der Waals surface area contributed by atoms with Crippen LogP contribution in [0.2, 0.25) is 0 Å². The zero-order chi connectivity index (χ0) is 14.7. The van der Waals surface area contributed by atoms with E-state index in [1.54, 1.807) is 22.9 Å². The van der Waals surface area contributed by atoms with Gasteiger partial charge in [0, 0.05) is 18.9 Å². The van der Waals surface area contributed by atoms with Crippen LogP contribution in [0.25, 0.3) is 0 Å². The molecule has 0 aliphatic carbocycles. The number of carbonyl (C=O) groups excluding carboxylic acids is 1. The Balaban J connectivity index is 2.40. The summed E-state index contributed by atoms with van der Waals surface area (Å²) in [4.78, 5) is 11.8. The fourth-order valence-electron chi connectivity index (χ4n) is 1.99. The molecule has 0 aliphatic rings. The molecule has 0 radical (unpaired) electrons. The van der Waals surface area contributed by atoms with Gasteiger partial charge in [-0.15, -0.1) is 0 Å². The molecule has 0 fully saturated rings. The van der Waals surface area contributed by atoms with Gasteiger partial charge in [-0.2, -0.15) is 5.10 Å². The van der Waals surface area contributed by atoms with Gasteiger partial charge in [-0.25, -0.2) is 4.79 Å². The van der Waals surface area contributed by atoms with Crippen molar-refractivity contribution in [2.75, 3.05) is 18.2 Å². The van der Waals surface area contributed by atoms with Crippen LogP contribution in [-0.2, 0) is 18.2 Å². The summed E-state index contributed by atoms with van der Waals surface area (Å²) in [5.41, 5.74) is 9.08. The smallest absolute Gasteiger partial charge is 0.340 e. The summed E-state index contributed by atoms with van der Waals surface area (Å²) in [5.74, 6) is -0.429. The summed E-state index contributed by atoms with van der Waals surface area (Å²) in [6, 6.07) is 5.08. The molecule has 6 heteroatoms. The minimum Gasteiger partial charge on any atom is -0.465 e. The van der Waals surface area contributed by atoms with Crippen molar-refractivity contribution in [3.8, 4) is 0 Å². The third-order valence-electron chi connectivity index (χ3n) is 2.96. The number of anilines is 3. The van der Waals surface area contributed by atoms with Crippen molar-refractivity contribution in [2.24, 2.45) is 7.05 Å². The van der Waals surface area contributed by atoms with Gasteiger partial charge < -0.3 is 15.8 Å². The standard InChI is InChI=1S/C14H18N4O2/c1-4-11-13(8-18(2)17-11)16-12-6-5-9(15)7-10(12)14(19)20-3/h5-8,16H,4,15H2,1-3H3. The van der Waals surface area contributed by atoms with E-state index in [0.29, 0.717) is 16.9 Å². The molecular formula is C14H18N4O2. The van der Waals surface area contributed by atoms with Gasteiger partial charge in [-0.3, -0.25) is 4.68 Å². The van der Waals surface area contributed by atoms with Crippen molar-refractivity contribution in [1.82, 2.24) is 9.78 Å². The number of aromatic nitrogens is 2. The third kappa shape index (κ3) is 2.74. The Kier molecular flexibility index (Phi) is 3.93. The first-order chi connectivity index (χ1) is 9.55. The molecule has 3 N–H and O–H groups in total. The number of carbonyl (C=O) groups is 1. The second kappa shape index (κ2) is 5.64. The minimum atomic E-state index is -0.429. The SMILES string of the molecule is CCc1nn(C)cc1Nc1ccc(N)cc1C(=O)OC. The maximum Gasteiger partial charge on any atom is 0.340 e. The van der Waals surface area contributed by atoms with E-state index in [1.807, 2.05) is 20.2 Å². The van der Waals surface area contributed by atoms with Gasteiger partial charge in [0.1, 0.15) is 0 Å². The monoisotopic (exact) mass is 274 g/mol. The zero-order valence-electron chi connectivity index (χ0n) is 11.8. The molecule has 1 heterocycles. The molecule has 0 spiro atoms. The number of benzene rings is 1. The molecule has 0 aliphatic heterocycles. The molecule has 2 aromatic rings. The number of nitrogens with one attached hydrogen (secondary N) is 1. The highest BCUT2D eigenvalue weighted by Crippen LogP contribution is 2.25. The molecule has 20 heavy (non-hydrogen) atoms. The Morgan fingerprint density at radius 3 is 2.85 bits per heavy atom. The first-order valence-electron chi connectivity index (χ1n) is 6.32. The van der Waals surface area contributed by atoms with Crippen LogP contribution >= 0.6 is 0 Å². The minimum absolute atomic E-state index is 0.401. The van der Waals surface area contributed by atoms with E-state index in [4.69, 9.17) is 10.5 Å². The Morgan fingerprint density at radius 2 is 2.20 bits per heavy atom. The first kappa shape index (κ1) is 13.9. The van der Waals surface area contributed by atoms with Crippen LogP contribution in [0.3, 0.4) is 0 Å². The van der Waals surface area contributed by atoms with E-state index in [0.717, 1.165) is 17.8 Å². The van der Waals surface area contributed by atoms with Crippen molar-refractivity contribution < 1.29 is 9.53 Å². The number of nitrogen functional groups attached to an aromatic ring is 1. The molecule has 0 bridgehead atoms. The molecule has 0 saturated carbocycles. The lowest BCUT2D eigenvalue weighted by Crippen LogP contribution is -2.07. The van der Waals surface area contributed by atoms with E-state index in [-0.39, 0.29) is 0 Å². The Morgan fingerprint density at radius 1 is 1.45 bits per heavy atom. The van der Waals surface area contributed by atoms with Gasteiger partial charge in [0.2, 0.25) is 0 Å². The Hall–Kier alpha value is -2.50. The quantitative estimate of drug-likeness (QED) is 0.659. The van der Waals surface area contributed by atoms with Crippen LogP contribution in [0.5, 0.6) is 0 Å². The number of ether oxygens (including phenoxy) is 1. The van der Waals surface area contributed by atoms with E-state index >= 15 is 0 Å². The molecular weight excluding hydrogens is 256 g/mol. The number of methoxy groups -OCH3 is 1. The highest BCUT2D eigenvalue weighted by molar-refractivity contribution is 5.97. The van der Waals surface area contributed by atoms with Crippen LogP contribution < -0.4 is 11.1 Å². The number of aryl methyl sites for hydroxylation is 2. The summed E-state index contributed by atoms with van der Waals surface area (Å²) < 4.78 is 6.51. The van der Waals surface area contributed by atoms with Gasteiger partial charge >= 0.3 is 5.97 Å². The summed E-state index contributed by atoms with van der Waals surface area (Å²) in [6.07, 6.45) is 2.67. The molecule has 0 atom stereocenters. The van der Waals surface area contributed by atoms with E-state index in [9.17, 15) is 4.79 Å². The molecule has 0 saturated heterocycles. The van der Waals surface area contributed by atoms with Crippen LogP contribution in [0, 0.1) is 0 Å². The molecule has 106 valence electrons. The first-order valence-corrected chi connectivity index (χ1v) is 6.32. The number of nitrogens with two attached hydrogens (primary N) is 1. The average Bonchev–Trinajstić information content (AvgIpc) is 2.79. The molecule has 0 amide bonds. The summed E-state index contributed by atoms with van der Waals surface area (Å²) in [7, 11) is 3.20. The van der Waals surface area contributed by atoms with Crippen LogP contribution in [0.1, 0.15) is 23.0 Å². The maximum atomic E-state index is 11.8. The number of hydrogen-bond acceptors (Lipinski definition) is 5. The Bertz CT molecular complexity index is 634. The van der Waals surface area contributed by atoms with E-state index in [2.05, 4.69) is 10.4 Å². The predicted molar refractivity (Wildman–Crippen MR) is 78.1 cm³/mol. The lowest BCUT2D eigenvalue weighted by Gasteiger charge is -2.11. The maximum absolute atomic E-state index is 11.8. The second-order valence-corrected chi connectivity index (χ2v) is 4.44. The van der Waals surface area contributed by atoms with Crippen molar-refractivity contribution in [3.05, 3.63) is 35.7 Å². The number of rotatable bonds is 4. The highest BCUT2D eigenvalue weighted by atomic mass is 16.5. The van der Waals surface area contributed by atoms with Gasteiger partial charge in [0.25, 0.3) is 0 Å². The largest absolute Gasteiger partial charge is 0.465 e. The summed E-state index contributed by atoms with van der Waals surface area (Å²) in [6.45, 7) is 2.03. The number of hydrogen-bond donors (Lipinski definition) is 2. The third-order valence-corrected chi connectivity index (χ3v) is 2.96. The Labute approximate surface area is 117 Å². The van der Waals surface area contributed by atoms with Gasteiger partial charge in [0.15, 0.2) is 0 Å². The van der Waals surface area contributed by atoms with Gasteiger partial charge in [-0.05, 0) is 24.6 Å². The van der Waals surface area contributed by atoms with Gasteiger partial charge in [-0.1, -0.05) is 6.92 Å². The van der Waals surface area contributed by atoms with Crippen LogP contribution in [0.4, 0.5) is 17.1 Å². The fraction of sp³-hybridized carbons (Fsp3) is 0.286. The van der Waals surface area contributed by atoms with Gasteiger partial charge in [0.05, 0.1) is 29.7 Å².